The van der Waals surface area contributed by atoms with Crippen molar-refractivity contribution in [1.82, 2.24) is 15.1 Å². The third-order valence-corrected chi connectivity index (χ3v) is 7.20. The van der Waals surface area contributed by atoms with Gasteiger partial charge >= 0.3 is 0 Å². The summed E-state index contributed by atoms with van der Waals surface area (Å²) >= 11 is 0. The van der Waals surface area contributed by atoms with E-state index in [1.54, 1.807) is 42.0 Å². The van der Waals surface area contributed by atoms with E-state index in [4.69, 9.17) is 14.6 Å². The van der Waals surface area contributed by atoms with E-state index in [0.29, 0.717) is 22.9 Å². The Hall–Kier alpha value is -3.03. The molecule has 4 rings (SSSR count). The zero-order chi connectivity index (χ0) is 25.4. The van der Waals surface area contributed by atoms with Crippen LogP contribution in [0.1, 0.15) is 82.4 Å². The van der Waals surface area contributed by atoms with Crippen LogP contribution in [0.4, 0.5) is 5.69 Å². The number of nitrogens with one attached hydrogen (secondary N) is 1. The Morgan fingerprint density at radius 3 is 2.17 bits per heavy atom. The summed E-state index contributed by atoms with van der Waals surface area (Å²) in [7, 11) is 3.14. The van der Waals surface area contributed by atoms with E-state index in [0.717, 1.165) is 31.4 Å². The monoisotopic (exact) mass is 482 g/mol. The van der Waals surface area contributed by atoms with Gasteiger partial charge in [0.2, 0.25) is 5.91 Å². The van der Waals surface area contributed by atoms with Gasteiger partial charge in [0.25, 0.3) is 5.91 Å². The SMILES string of the molecule is COc1cc(OC)cc(N2C(=O)c3cc(C(C)(C)C)nn3CC2(C)C(=O)NC2CCCCCC2)c1. The molecule has 2 aromatic rings. The minimum absolute atomic E-state index is 0.114. The maximum absolute atomic E-state index is 14.0. The fourth-order valence-electron chi connectivity index (χ4n) is 5.04. The van der Waals surface area contributed by atoms with Gasteiger partial charge in [0.1, 0.15) is 22.7 Å². The summed E-state index contributed by atoms with van der Waals surface area (Å²) < 4.78 is 12.6. The highest BCUT2D eigenvalue weighted by Gasteiger charge is 2.49. The normalized spacial score (nSPS) is 21.3. The average Bonchev–Trinajstić information content (AvgIpc) is 3.09. The third kappa shape index (κ3) is 4.88. The summed E-state index contributed by atoms with van der Waals surface area (Å²) in [6.45, 7) is 8.27. The van der Waals surface area contributed by atoms with Crippen molar-refractivity contribution in [2.24, 2.45) is 0 Å². The number of nitrogens with zero attached hydrogens (tertiary/aromatic N) is 3. The first kappa shape index (κ1) is 25.1. The third-order valence-electron chi connectivity index (χ3n) is 7.20. The summed E-state index contributed by atoms with van der Waals surface area (Å²) in [6, 6.07) is 7.25. The smallest absolute Gasteiger partial charge is 0.277 e. The molecule has 8 heteroatoms. The van der Waals surface area contributed by atoms with Crippen LogP contribution in [0.15, 0.2) is 24.3 Å². The van der Waals surface area contributed by atoms with E-state index >= 15 is 0 Å². The number of hydrogen-bond acceptors (Lipinski definition) is 5. The largest absolute Gasteiger partial charge is 0.497 e. The van der Waals surface area contributed by atoms with Gasteiger partial charge < -0.3 is 14.8 Å². The molecule has 1 aliphatic carbocycles. The van der Waals surface area contributed by atoms with Gasteiger partial charge in [-0.25, -0.2) is 0 Å². The lowest BCUT2D eigenvalue weighted by Crippen LogP contribution is -2.65. The second kappa shape index (κ2) is 9.55. The molecular formula is C27H38N4O4. The van der Waals surface area contributed by atoms with Gasteiger partial charge in [0.05, 0.1) is 32.1 Å². The number of benzene rings is 1. The molecule has 2 heterocycles. The number of aromatic nitrogens is 2. The first-order chi connectivity index (χ1) is 16.6. The molecular weight excluding hydrogens is 444 g/mol. The number of carbonyl (C=O) groups is 2. The van der Waals surface area contributed by atoms with Crippen LogP contribution >= 0.6 is 0 Å². The van der Waals surface area contributed by atoms with Gasteiger partial charge in [-0.3, -0.25) is 19.2 Å². The maximum Gasteiger partial charge on any atom is 0.277 e. The number of anilines is 1. The summed E-state index contributed by atoms with van der Waals surface area (Å²) in [5, 5.41) is 8.03. The molecule has 1 fully saturated rings. The first-order valence-corrected chi connectivity index (χ1v) is 12.5. The van der Waals surface area contributed by atoms with Crippen LogP contribution in [-0.2, 0) is 16.8 Å². The van der Waals surface area contributed by atoms with Gasteiger partial charge in [-0.2, -0.15) is 5.10 Å². The molecule has 1 saturated carbocycles. The fourth-order valence-corrected chi connectivity index (χ4v) is 5.04. The van der Waals surface area contributed by atoms with Gasteiger partial charge in [0.15, 0.2) is 0 Å². The summed E-state index contributed by atoms with van der Waals surface area (Å²) in [5.74, 6) is 0.660. The lowest BCUT2D eigenvalue weighted by molar-refractivity contribution is -0.127. The van der Waals surface area contributed by atoms with Crippen molar-refractivity contribution < 1.29 is 19.1 Å². The minimum atomic E-state index is -1.19. The molecule has 2 amide bonds. The second-order valence-corrected chi connectivity index (χ2v) is 11.0. The Morgan fingerprint density at radius 1 is 1.03 bits per heavy atom. The molecule has 1 N–H and O–H groups in total. The van der Waals surface area contributed by atoms with E-state index in [-0.39, 0.29) is 29.8 Å². The maximum atomic E-state index is 14.0. The van der Waals surface area contributed by atoms with Crippen molar-refractivity contribution in [2.75, 3.05) is 19.1 Å². The minimum Gasteiger partial charge on any atom is -0.497 e. The van der Waals surface area contributed by atoms with Crippen molar-refractivity contribution >= 4 is 17.5 Å². The van der Waals surface area contributed by atoms with Crippen LogP contribution in [0, 0.1) is 0 Å². The van der Waals surface area contributed by atoms with E-state index in [9.17, 15) is 9.59 Å². The van der Waals surface area contributed by atoms with Gasteiger partial charge in [0, 0.05) is 29.7 Å². The number of fused-ring (bicyclic) bond motifs is 1. The van der Waals surface area contributed by atoms with Crippen LogP contribution in [0.25, 0.3) is 0 Å². The van der Waals surface area contributed by atoms with Crippen molar-refractivity contribution in [3.05, 3.63) is 35.7 Å². The second-order valence-electron chi connectivity index (χ2n) is 11.0. The molecule has 0 spiro atoms. The lowest BCUT2D eigenvalue weighted by atomic mass is 9.91. The fraction of sp³-hybridized carbons (Fsp3) is 0.593. The number of carbonyl (C=O) groups excluding carboxylic acids is 2. The van der Waals surface area contributed by atoms with E-state index in [2.05, 4.69) is 26.1 Å². The first-order valence-electron chi connectivity index (χ1n) is 12.5. The molecule has 1 aliphatic heterocycles. The molecule has 35 heavy (non-hydrogen) atoms. The van der Waals surface area contributed by atoms with E-state index in [1.807, 2.05) is 13.0 Å². The molecule has 0 saturated heterocycles. The van der Waals surface area contributed by atoms with Crippen LogP contribution in [0.2, 0.25) is 0 Å². The predicted molar refractivity (Wildman–Crippen MR) is 135 cm³/mol. The predicted octanol–water partition coefficient (Wildman–Crippen LogP) is 4.46. The molecule has 1 aromatic carbocycles. The van der Waals surface area contributed by atoms with Gasteiger partial charge in [-0.1, -0.05) is 46.5 Å². The van der Waals surface area contributed by atoms with Gasteiger partial charge in [-0.05, 0) is 25.8 Å². The summed E-state index contributed by atoms with van der Waals surface area (Å²) in [5.41, 5.74) is 0.422. The van der Waals surface area contributed by atoms with Crippen molar-refractivity contribution in [3.8, 4) is 11.5 Å². The molecule has 1 atom stereocenters. The quantitative estimate of drug-likeness (QED) is 0.636. The molecule has 190 valence electrons. The Morgan fingerprint density at radius 2 is 1.63 bits per heavy atom. The van der Waals surface area contributed by atoms with Crippen molar-refractivity contribution in [2.45, 2.75) is 89.8 Å². The number of amides is 2. The molecule has 1 aromatic heterocycles. The van der Waals surface area contributed by atoms with Crippen molar-refractivity contribution in [3.63, 3.8) is 0 Å². The molecule has 8 nitrogen and oxygen atoms in total. The average molecular weight is 483 g/mol. The number of ether oxygens (including phenoxy) is 2. The van der Waals surface area contributed by atoms with E-state index < -0.39 is 5.54 Å². The topological polar surface area (TPSA) is 85.7 Å². The van der Waals surface area contributed by atoms with Crippen LogP contribution in [0.5, 0.6) is 11.5 Å². The number of methoxy groups -OCH3 is 2. The zero-order valence-electron chi connectivity index (χ0n) is 21.8. The highest BCUT2D eigenvalue weighted by atomic mass is 16.5. The number of rotatable bonds is 5. The van der Waals surface area contributed by atoms with E-state index in [1.165, 1.54) is 12.8 Å². The molecule has 0 radical (unpaired) electrons. The van der Waals surface area contributed by atoms with Gasteiger partial charge in [-0.15, -0.1) is 0 Å². The highest BCUT2D eigenvalue weighted by molar-refractivity contribution is 6.12. The lowest BCUT2D eigenvalue weighted by Gasteiger charge is -2.43. The highest BCUT2D eigenvalue weighted by Crippen LogP contribution is 2.38. The Balaban J connectivity index is 1.80. The summed E-state index contributed by atoms with van der Waals surface area (Å²) in [6.07, 6.45) is 6.54. The van der Waals surface area contributed by atoms with Crippen LogP contribution in [0.3, 0.4) is 0 Å². The standard InChI is InChI=1S/C27H38N4O4/c1-26(2,3)23-16-22-24(32)31(19-13-20(34-5)15-21(14-19)35-6)27(4,17-30(22)29-23)25(33)28-18-11-9-7-8-10-12-18/h13-16,18H,7-12,17H2,1-6H3,(H,28,33). The number of hydrogen-bond donors (Lipinski definition) is 1. The summed E-state index contributed by atoms with van der Waals surface area (Å²) in [4.78, 5) is 29.6. The van der Waals surface area contributed by atoms with Crippen LogP contribution < -0.4 is 19.7 Å². The molecule has 1 unspecified atom stereocenters. The molecule has 0 bridgehead atoms. The molecule has 2 aliphatic rings. The Labute approximate surface area is 208 Å². The Kier molecular flexibility index (Phi) is 6.84. The Bertz CT molecular complexity index is 1070. The van der Waals surface area contributed by atoms with Crippen molar-refractivity contribution in [1.29, 1.82) is 0 Å². The van der Waals surface area contributed by atoms with Crippen LogP contribution in [-0.4, -0.2) is 47.4 Å². The zero-order valence-corrected chi connectivity index (χ0v) is 21.8.